The van der Waals surface area contributed by atoms with Gasteiger partial charge in [0.1, 0.15) is 0 Å². The van der Waals surface area contributed by atoms with E-state index < -0.39 is 10.8 Å². The van der Waals surface area contributed by atoms with E-state index in [9.17, 15) is 4.21 Å². The van der Waals surface area contributed by atoms with Crippen LogP contribution in [0.3, 0.4) is 0 Å². The van der Waals surface area contributed by atoms with Crippen LogP contribution >= 0.6 is 24.0 Å². The first-order valence-corrected chi connectivity index (χ1v) is 12.1. The maximum Gasteiger partial charge on any atom is 0.191 e. The van der Waals surface area contributed by atoms with E-state index in [4.69, 9.17) is 4.99 Å². The Labute approximate surface area is 197 Å². The Morgan fingerprint density at radius 2 is 2.00 bits per heavy atom. The van der Waals surface area contributed by atoms with Gasteiger partial charge in [-0.2, -0.15) is 0 Å². The zero-order chi connectivity index (χ0) is 20.4. The Balaban J connectivity index is 0.00000420. The topological polar surface area (TPSA) is 56.7 Å². The molecule has 0 aliphatic heterocycles. The van der Waals surface area contributed by atoms with Crippen LogP contribution in [0.4, 0.5) is 0 Å². The Kier molecular flexibility index (Phi) is 13.1. The normalized spacial score (nSPS) is 20.8. The second kappa shape index (κ2) is 14.4. The van der Waals surface area contributed by atoms with E-state index in [-0.39, 0.29) is 24.0 Å². The van der Waals surface area contributed by atoms with Crippen LogP contribution in [-0.4, -0.2) is 52.3 Å². The fourth-order valence-electron chi connectivity index (χ4n) is 3.68. The van der Waals surface area contributed by atoms with E-state index in [1.54, 1.807) is 0 Å². The molecule has 1 aromatic carbocycles. The second-order valence-corrected chi connectivity index (χ2v) is 9.65. The number of hydrogen-bond acceptors (Lipinski definition) is 3. The van der Waals surface area contributed by atoms with Crippen molar-refractivity contribution in [1.82, 2.24) is 15.5 Å². The second-order valence-electron chi connectivity index (χ2n) is 7.64. The summed E-state index contributed by atoms with van der Waals surface area (Å²) in [6.07, 6.45) is 4.33. The molecule has 0 saturated heterocycles. The summed E-state index contributed by atoms with van der Waals surface area (Å²) in [4.78, 5) is 7.11. The van der Waals surface area contributed by atoms with Crippen molar-refractivity contribution in [1.29, 1.82) is 0 Å². The highest BCUT2D eigenvalue weighted by molar-refractivity contribution is 14.0. The van der Waals surface area contributed by atoms with Crippen LogP contribution in [0.1, 0.15) is 57.6 Å². The van der Waals surface area contributed by atoms with Gasteiger partial charge in [-0.05, 0) is 50.9 Å². The van der Waals surface area contributed by atoms with Gasteiger partial charge in [-0.25, -0.2) is 4.99 Å². The fourth-order valence-corrected chi connectivity index (χ4v) is 5.03. The number of nitrogens with zero attached hydrogens (tertiary/aromatic N) is 2. The van der Waals surface area contributed by atoms with Crippen molar-refractivity contribution < 1.29 is 4.21 Å². The molecule has 1 aliphatic rings. The Morgan fingerprint density at radius 1 is 1.24 bits per heavy atom. The number of nitrogens with one attached hydrogen (secondary N) is 2. The van der Waals surface area contributed by atoms with Gasteiger partial charge in [-0.3, -0.25) is 4.21 Å². The summed E-state index contributed by atoms with van der Waals surface area (Å²) in [5.41, 5.74) is 2.56. The van der Waals surface area contributed by atoms with E-state index in [2.05, 4.69) is 60.7 Å². The molecule has 29 heavy (non-hydrogen) atoms. The number of guanidine groups is 1. The molecule has 0 aromatic heterocycles. The maximum absolute atomic E-state index is 12.2. The van der Waals surface area contributed by atoms with Crippen molar-refractivity contribution in [3.8, 4) is 0 Å². The Bertz CT molecular complexity index is 655. The summed E-state index contributed by atoms with van der Waals surface area (Å²) in [7, 11) is 1.44. The lowest BCUT2D eigenvalue weighted by molar-refractivity contribution is 0.345. The zero-order valence-corrected chi connectivity index (χ0v) is 21.6. The van der Waals surface area contributed by atoms with Gasteiger partial charge in [0.05, 0.1) is 6.54 Å². The third-order valence-electron chi connectivity index (χ3n) is 5.37. The smallest absolute Gasteiger partial charge is 0.191 e. The average molecular weight is 535 g/mol. The first kappa shape index (κ1) is 26.4. The van der Waals surface area contributed by atoms with Gasteiger partial charge in [0.2, 0.25) is 0 Å². The predicted octanol–water partition coefficient (Wildman–Crippen LogP) is 3.89. The zero-order valence-electron chi connectivity index (χ0n) is 18.4. The third kappa shape index (κ3) is 9.34. The van der Waals surface area contributed by atoms with Gasteiger partial charge >= 0.3 is 0 Å². The molecular formula is C22H39IN4OS. The molecule has 0 spiro atoms. The van der Waals surface area contributed by atoms with Crippen LogP contribution in [0.25, 0.3) is 0 Å². The van der Waals surface area contributed by atoms with Crippen LogP contribution in [0.2, 0.25) is 0 Å². The van der Waals surface area contributed by atoms with Crippen molar-refractivity contribution in [2.24, 2.45) is 4.99 Å². The van der Waals surface area contributed by atoms with Crippen LogP contribution in [0.15, 0.2) is 29.3 Å². The summed E-state index contributed by atoms with van der Waals surface area (Å²) < 4.78 is 12.2. The minimum atomic E-state index is -0.699. The highest BCUT2D eigenvalue weighted by atomic mass is 127. The summed E-state index contributed by atoms with van der Waals surface area (Å²) in [5.74, 6) is 1.63. The van der Waals surface area contributed by atoms with Crippen molar-refractivity contribution in [3.63, 3.8) is 0 Å². The highest BCUT2D eigenvalue weighted by Gasteiger charge is 2.26. The largest absolute Gasteiger partial charge is 0.357 e. The SMILES string of the molecule is CCNC(=NCc1cccc(CN(C)CC)c1)NC1CCCC(S(=O)CC)C1.I. The molecule has 0 amide bonds. The molecular weight excluding hydrogens is 495 g/mol. The summed E-state index contributed by atoms with van der Waals surface area (Å²) in [6.45, 7) is 9.79. The number of hydrogen-bond donors (Lipinski definition) is 2. The molecule has 1 saturated carbocycles. The van der Waals surface area contributed by atoms with E-state index >= 15 is 0 Å². The lowest BCUT2D eigenvalue weighted by Gasteiger charge is -2.30. The first-order valence-electron chi connectivity index (χ1n) is 10.7. The Morgan fingerprint density at radius 3 is 2.69 bits per heavy atom. The maximum atomic E-state index is 12.2. The van der Waals surface area contributed by atoms with Crippen molar-refractivity contribution in [2.45, 2.75) is 70.8 Å². The predicted molar refractivity (Wildman–Crippen MR) is 137 cm³/mol. The van der Waals surface area contributed by atoms with E-state index in [1.807, 2.05) is 6.92 Å². The number of rotatable bonds is 9. The monoisotopic (exact) mass is 534 g/mol. The molecule has 3 unspecified atom stereocenters. The van der Waals surface area contributed by atoms with Crippen LogP contribution in [0, 0.1) is 0 Å². The number of benzene rings is 1. The van der Waals surface area contributed by atoms with Gasteiger partial charge in [-0.15, -0.1) is 24.0 Å². The van der Waals surface area contributed by atoms with Gasteiger partial charge in [0.15, 0.2) is 5.96 Å². The molecule has 5 nitrogen and oxygen atoms in total. The number of aliphatic imine (C=N–C) groups is 1. The molecule has 1 fully saturated rings. The van der Waals surface area contributed by atoms with Crippen LogP contribution in [0.5, 0.6) is 0 Å². The third-order valence-corrected chi connectivity index (χ3v) is 7.11. The Hall–Kier alpha value is -0.670. The quantitative estimate of drug-likeness (QED) is 0.287. The minimum Gasteiger partial charge on any atom is -0.357 e. The summed E-state index contributed by atoms with van der Waals surface area (Å²) in [6, 6.07) is 9.05. The van der Waals surface area contributed by atoms with Gasteiger partial charge in [0.25, 0.3) is 0 Å². The van der Waals surface area contributed by atoms with E-state index in [0.29, 0.717) is 17.8 Å². The highest BCUT2D eigenvalue weighted by Crippen LogP contribution is 2.23. The van der Waals surface area contributed by atoms with Gasteiger partial charge in [-0.1, -0.05) is 44.5 Å². The fraction of sp³-hybridized carbons (Fsp3) is 0.682. The standard InChI is InChI=1S/C22H38N4OS.HI/c1-5-23-22(25-20-12-9-13-21(15-20)28(27)7-3)24-16-18-10-8-11-19(14-18)17-26(4)6-2;/h8,10-11,14,20-21H,5-7,9,12-13,15-17H2,1-4H3,(H2,23,24,25);1H. The molecule has 0 radical (unpaired) electrons. The molecule has 0 bridgehead atoms. The molecule has 3 atom stereocenters. The van der Waals surface area contributed by atoms with Crippen molar-refractivity contribution >= 4 is 40.7 Å². The van der Waals surface area contributed by atoms with E-state index in [1.165, 1.54) is 11.1 Å². The lowest BCUT2D eigenvalue weighted by atomic mass is 9.95. The molecule has 2 rings (SSSR count). The summed E-state index contributed by atoms with van der Waals surface area (Å²) in [5, 5.41) is 7.28. The van der Waals surface area contributed by atoms with E-state index in [0.717, 1.165) is 57.0 Å². The van der Waals surface area contributed by atoms with Crippen molar-refractivity contribution in [3.05, 3.63) is 35.4 Å². The molecule has 0 heterocycles. The number of halogens is 1. The van der Waals surface area contributed by atoms with Gasteiger partial charge in [0, 0.05) is 40.9 Å². The van der Waals surface area contributed by atoms with Gasteiger partial charge < -0.3 is 15.5 Å². The molecule has 166 valence electrons. The van der Waals surface area contributed by atoms with Crippen LogP contribution in [-0.2, 0) is 23.9 Å². The van der Waals surface area contributed by atoms with Crippen molar-refractivity contribution in [2.75, 3.05) is 25.9 Å². The summed E-state index contributed by atoms with van der Waals surface area (Å²) >= 11 is 0. The average Bonchev–Trinajstić information content (AvgIpc) is 2.72. The molecule has 1 aliphatic carbocycles. The lowest BCUT2D eigenvalue weighted by Crippen LogP contribution is -2.46. The molecule has 1 aromatic rings. The molecule has 2 N–H and O–H groups in total. The van der Waals surface area contributed by atoms with Crippen LogP contribution < -0.4 is 10.6 Å². The minimum absolute atomic E-state index is 0. The molecule has 7 heteroatoms. The first-order chi connectivity index (χ1) is 13.5.